The molecule has 1 saturated heterocycles. The lowest BCUT2D eigenvalue weighted by molar-refractivity contribution is 0.0738. The molecule has 1 aliphatic rings. The van der Waals surface area contributed by atoms with Crippen LogP contribution in [0, 0.1) is 0 Å². The molecule has 3 N–H and O–H groups in total. The number of nitrogens with two attached hydrogens (primary N) is 1. The van der Waals surface area contributed by atoms with E-state index in [4.69, 9.17) is 10.5 Å². The number of ether oxygens (including phenoxy) is 1. The Morgan fingerprint density at radius 2 is 2.00 bits per heavy atom. The van der Waals surface area contributed by atoms with Gasteiger partial charge in [0.2, 0.25) is 0 Å². The molecule has 5 nitrogen and oxygen atoms in total. The summed E-state index contributed by atoms with van der Waals surface area (Å²) >= 11 is 0. The largest absolute Gasteiger partial charge is 0.487 e. The van der Waals surface area contributed by atoms with Crippen LogP contribution in [-0.2, 0) is 16.3 Å². The summed E-state index contributed by atoms with van der Waals surface area (Å²) in [6.45, 7) is 1.93. The van der Waals surface area contributed by atoms with Crippen molar-refractivity contribution in [3.8, 4) is 5.75 Å². The van der Waals surface area contributed by atoms with Gasteiger partial charge in [-0.05, 0) is 31.0 Å². The Bertz CT molecular complexity index is 524. The lowest BCUT2D eigenvalue weighted by atomic mass is 10.1. The zero-order valence-corrected chi connectivity index (χ0v) is 11.6. The standard InChI is InChI=1S/C13H19NO4S/c1-9(14)6-10-2-4-11(5-3-10)18-13-8-19(16,17)7-12(13)15/h2-5,9,12-13,15H,6-8,14H2,1H3. The van der Waals surface area contributed by atoms with E-state index < -0.39 is 22.0 Å². The van der Waals surface area contributed by atoms with Crippen LogP contribution in [0.15, 0.2) is 24.3 Å². The van der Waals surface area contributed by atoms with E-state index in [9.17, 15) is 13.5 Å². The molecule has 19 heavy (non-hydrogen) atoms. The lowest BCUT2D eigenvalue weighted by Gasteiger charge is -2.16. The molecule has 1 heterocycles. The maximum atomic E-state index is 11.4. The summed E-state index contributed by atoms with van der Waals surface area (Å²) in [5.41, 5.74) is 6.81. The zero-order chi connectivity index (χ0) is 14.0. The Labute approximate surface area is 113 Å². The maximum Gasteiger partial charge on any atom is 0.156 e. The van der Waals surface area contributed by atoms with Crippen molar-refractivity contribution < 1.29 is 18.3 Å². The van der Waals surface area contributed by atoms with E-state index in [1.165, 1.54) is 0 Å². The predicted octanol–water partition coefficient (Wildman–Crippen LogP) is 0.113. The molecule has 0 saturated carbocycles. The second-order valence-electron chi connectivity index (χ2n) is 5.13. The van der Waals surface area contributed by atoms with Crippen LogP contribution in [-0.4, -0.2) is 43.3 Å². The molecular formula is C13H19NO4S. The van der Waals surface area contributed by atoms with Gasteiger partial charge in [-0.15, -0.1) is 0 Å². The topological polar surface area (TPSA) is 89.6 Å². The van der Waals surface area contributed by atoms with E-state index >= 15 is 0 Å². The fourth-order valence-electron chi connectivity index (χ4n) is 2.16. The molecule has 3 unspecified atom stereocenters. The quantitative estimate of drug-likeness (QED) is 0.819. The van der Waals surface area contributed by atoms with Gasteiger partial charge in [-0.3, -0.25) is 0 Å². The Morgan fingerprint density at radius 1 is 1.37 bits per heavy atom. The molecule has 1 aromatic carbocycles. The van der Waals surface area contributed by atoms with Crippen molar-refractivity contribution in [2.24, 2.45) is 5.73 Å². The van der Waals surface area contributed by atoms with Crippen molar-refractivity contribution in [2.75, 3.05) is 11.5 Å². The van der Waals surface area contributed by atoms with Crippen LogP contribution >= 0.6 is 0 Å². The van der Waals surface area contributed by atoms with Crippen molar-refractivity contribution in [1.29, 1.82) is 0 Å². The zero-order valence-electron chi connectivity index (χ0n) is 10.8. The monoisotopic (exact) mass is 285 g/mol. The molecule has 0 aromatic heterocycles. The highest BCUT2D eigenvalue weighted by Crippen LogP contribution is 2.21. The summed E-state index contributed by atoms with van der Waals surface area (Å²) in [4.78, 5) is 0. The third-order valence-corrected chi connectivity index (χ3v) is 4.73. The molecule has 0 amide bonds. The SMILES string of the molecule is CC(N)Cc1ccc(OC2CS(=O)(=O)CC2O)cc1. The minimum atomic E-state index is -3.18. The minimum Gasteiger partial charge on any atom is -0.487 e. The van der Waals surface area contributed by atoms with Gasteiger partial charge < -0.3 is 15.6 Å². The van der Waals surface area contributed by atoms with Gasteiger partial charge in [0, 0.05) is 6.04 Å². The number of hydrogen-bond acceptors (Lipinski definition) is 5. The highest BCUT2D eigenvalue weighted by atomic mass is 32.2. The first-order valence-corrected chi connectivity index (χ1v) is 8.07. The van der Waals surface area contributed by atoms with Gasteiger partial charge in [-0.1, -0.05) is 12.1 Å². The molecule has 0 bridgehead atoms. The van der Waals surface area contributed by atoms with Crippen molar-refractivity contribution in [3.63, 3.8) is 0 Å². The van der Waals surface area contributed by atoms with Gasteiger partial charge in [0.05, 0.1) is 11.5 Å². The molecule has 3 atom stereocenters. The number of aliphatic hydroxyl groups excluding tert-OH is 1. The third kappa shape index (κ3) is 3.92. The maximum absolute atomic E-state index is 11.4. The van der Waals surface area contributed by atoms with Gasteiger partial charge in [-0.25, -0.2) is 8.42 Å². The van der Waals surface area contributed by atoms with Gasteiger partial charge in [-0.2, -0.15) is 0 Å². The molecule has 1 aliphatic heterocycles. The summed E-state index contributed by atoms with van der Waals surface area (Å²) in [5, 5.41) is 9.64. The number of rotatable bonds is 4. The summed E-state index contributed by atoms with van der Waals surface area (Å²) in [6.07, 6.45) is -0.848. The summed E-state index contributed by atoms with van der Waals surface area (Å²) < 4.78 is 28.2. The first-order chi connectivity index (χ1) is 8.85. The summed E-state index contributed by atoms with van der Waals surface area (Å²) in [7, 11) is -3.18. The van der Waals surface area contributed by atoms with E-state index in [1.54, 1.807) is 12.1 Å². The Kier molecular flexibility index (Phi) is 4.13. The van der Waals surface area contributed by atoms with Crippen molar-refractivity contribution in [3.05, 3.63) is 29.8 Å². The van der Waals surface area contributed by atoms with E-state index in [1.807, 2.05) is 19.1 Å². The molecule has 0 radical (unpaired) electrons. The summed E-state index contributed by atoms with van der Waals surface area (Å²) in [6, 6.07) is 7.43. The number of benzene rings is 1. The molecule has 6 heteroatoms. The lowest BCUT2D eigenvalue weighted by Crippen LogP contribution is -2.29. The number of sulfone groups is 1. The third-order valence-electron chi connectivity index (χ3n) is 3.04. The number of aliphatic hydroxyl groups is 1. The Balaban J connectivity index is 2.00. The average Bonchev–Trinajstić information content (AvgIpc) is 2.54. The number of hydrogen-bond donors (Lipinski definition) is 2. The first-order valence-electron chi connectivity index (χ1n) is 6.25. The molecule has 1 aromatic rings. The van der Waals surface area contributed by atoms with E-state index in [0.29, 0.717) is 5.75 Å². The van der Waals surface area contributed by atoms with Crippen LogP contribution in [0.3, 0.4) is 0 Å². The predicted molar refractivity (Wildman–Crippen MR) is 72.9 cm³/mol. The fraction of sp³-hybridized carbons (Fsp3) is 0.538. The van der Waals surface area contributed by atoms with Gasteiger partial charge in [0.1, 0.15) is 18.0 Å². The van der Waals surface area contributed by atoms with E-state index in [0.717, 1.165) is 12.0 Å². The molecule has 1 fully saturated rings. The minimum absolute atomic E-state index is 0.0913. The highest BCUT2D eigenvalue weighted by Gasteiger charge is 2.38. The molecule has 0 aliphatic carbocycles. The second-order valence-corrected chi connectivity index (χ2v) is 7.28. The Morgan fingerprint density at radius 3 is 2.47 bits per heavy atom. The normalized spacial score (nSPS) is 27.1. The van der Waals surface area contributed by atoms with Crippen molar-refractivity contribution in [1.82, 2.24) is 0 Å². The molecule has 0 spiro atoms. The second kappa shape index (κ2) is 5.48. The van der Waals surface area contributed by atoms with Crippen LogP contribution in [0.25, 0.3) is 0 Å². The van der Waals surface area contributed by atoms with E-state index in [2.05, 4.69) is 0 Å². The Hall–Kier alpha value is -1.11. The van der Waals surface area contributed by atoms with Crippen LogP contribution in [0.4, 0.5) is 0 Å². The molecule has 106 valence electrons. The molecular weight excluding hydrogens is 266 g/mol. The van der Waals surface area contributed by atoms with Crippen molar-refractivity contribution >= 4 is 9.84 Å². The smallest absolute Gasteiger partial charge is 0.156 e. The molecule has 2 rings (SSSR count). The summed E-state index contributed by atoms with van der Waals surface area (Å²) in [5.74, 6) is 0.213. The fourth-order valence-corrected chi connectivity index (χ4v) is 3.82. The first kappa shape index (κ1) is 14.3. The van der Waals surface area contributed by atoms with Gasteiger partial charge in [0.25, 0.3) is 0 Å². The van der Waals surface area contributed by atoms with Crippen LogP contribution in [0.5, 0.6) is 5.75 Å². The highest BCUT2D eigenvalue weighted by molar-refractivity contribution is 7.91. The van der Waals surface area contributed by atoms with Crippen LogP contribution < -0.4 is 10.5 Å². The van der Waals surface area contributed by atoms with Crippen LogP contribution in [0.1, 0.15) is 12.5 Å². The van der Waals surface area contributed by atoms with Gasteiger partial charge in [0.15, 0.2) is 9.84 Å². The van der Waals surface area contributed by atoms with Gasteiger partial charge >= 0.3 is 0 Å². The van der Waals surface area contributed by atoms with Crippen LogP contribution in [0.2, 0.25) is 0 Å². The van der Waals surface area contributed by atoms with Crippen molar-refractivity contribution in [2.45, 2.75) is 31.6 Å². The average molecular weight is 285 g/mol. The van der Waals surface area contributed by atoms with E-state index in [-0.39, 0.29) is 17.5 Å².